The Morgan fingerprint density at radius 1 is 1.33 bits per heavy atom. The van der Waals surface area contributed by atoms with Crippen LogP contribution in [0.1, 0.15) is 12.5 Å². The van der Waals surface area contributed by atoms with Gasteiger partial charge < -0.3 is 10.1 Å². The summed E-state index contributed by atoms with van der Waals surface area (Å²) in [5, 5.41) is 4.15. The zero-order valence-corrected chi connectivity index (χ0v) is 12.2. The van der Waals surface area contributed by atoms with E-state index in [-0.39, 0.29) is 0 Å². The van der Waals surface area contributed by atoms with E-state index in [1.165, 1.54) is 5.56 Å². The van der Waals surface area contributed by atoms with E-state index >= 15 is 0 Å². The monoisotopic (exact) mass is 270 g/mol. The van der Waals surface area contributed by atoms with Gasteiger partial charge in [-0.05, 0) is 31.3 Å². The second-order valence-electron chi connectivity index (χ2n) is 4.46. The molecule has 1 rings (SSSR count). The highest BCUT2D eigenvalue weighted by molar-refractivity contribution is 6.30. The maximum atomic E-state index is 5.89. The van der Waals surface area contributed by atoms with Crippen LogP contribution in [-0.2, 0) is 11.3 Å². The van der Waals surface area contributed by atoms with Gasteiger partial charge in [-0.3, -0.25) is 4.90 Å². The fourth-order valence-corrected chi connectivity index (χ4v) is 1.98. The van der Waals surface area contributed by atoms with Crippen LogP contribution in [0.3, 0.4) is 0 Å². The molecule has 102 valence electrons. The second kappa shape index (κ2) is 8.48. The standard InChI is InChI=1S/C14H23ClN2O/c1-4-16-9-14(11-18-3)17(2)10-12-5-7-13(15)8-6-12/h5-8,14,16H,4,9-11H2,1-3H3. The predicted octanol–water partition coefficient (Wildman–Crippen LogP) is 2.40. The van der Waals surface area contributed by atoms with E-state index in [9.17, 15) is 0 Å². The summed E-state index contributed by atoms with van der Waals surface area (Å²) in [5.74, 6) is 0. The number of ether oxygens (including phenoxy) is 1. The van der Waals surface area contributed by atoms with E-state index < -0.39 is 0 Å². The summed E-state index contributed by atoms with van der Waals surface area (Å²) < 4.78 is 5.28. The fraction of sp³-hybridized carbons (Fsp3) is 0.571. The summed E-state index contributed by atoms with van der Waals surface area (Å²) in [4.78, 5) is 2.30. The van der Waals surface area contributed by atoms with Gasteiger partial charge in [-0.15, -0.1) is 0 Å². The van der Waals surface area contributed by atoms with E-state index in [2.05, 4.69) is 36.3 Å². The van der Waals surface area contributed by atoms with Crippen molar-refractivity contribution in [1.29, 1.82) is 0 Å². The first kappa shape index (κ1) is 15.4. The number of rotatable bonds is 8. The van der Waals surface area contributed by atoms with Crippen molar-refractivity contribution in [1.82, 2.24) is 10.2 Å². The predicted molar refractivity (Wildman–Crippen MR) is 77.1 cm³/mol. The summed E-state index contributed by atoms with van der Waals surface area (Å²) in [7, 11) is 3.87. The van der Waals surface area contributed by atoms with Gasteiger partial charge in [-0.25, -0.2) is 0 Å². The molecular formula is C14H23ClN2O. The summed E-state index contributed by atoms with van der Waals surface area (Å²) in [6, 6.07) is 8.37. The molecule has 1 unspecified atom stereocenters. The lowest BCUT2D eigenvalue weighted by atomic mass is 10.2. The van der Waals surface area contributed by atoms with Crippen molar-refractivity contribution in [2.24, 2.45) is 0 Å². The molecule has 0 radical (unpaired) electrons. The smallest absolute Gasteiger partial charge is 0.0630 e. The third-order valence-electron chi connectivity index (χ3n) is 2.96. The number of hydrogen-bond acceptors (Lipinski definition) is 3. The van der Waals surface area contributed by atoms with Crippen molar-refractivity contribution in [2.75, 3.05) is 33.9 Å². The van der Waals surface area contributed by atoms with E-state index in [0.29, 0.717) is 6.04 Å². The van der Waals surface area contributed by atoms with Crippen molar-refractivity contribution < 1.29 is 4.74 Å². The average Bonchev–Trinajstić information content (AvgIpc) is 2.37. The molecule has 1 aromatic carbocycles. The Hall–Kier alpha value is -0.610. The van der Waals surface area contributed by atoms with Crippen LogP contribution < -0.4 is 5.32 Å². The number of halogens is 1. The van der Waals surface area contributed by atoms with Gasteiger partial charge in [0.25, 0.3) is 0 Å². The Labute approximate surface area is 115 Å². The minimum atomic E-state index is 0.380. The molecule has 0 heterocycles. The van der Waals surface area contributed by atoms with Gasteiger partial charge >= 0.3 is 0 Å². The number of hydrogen-bond donors (Lipinski definition) is 1. The van der Waals surface area contributed by atoms with E-state index in [1.54, 1.807) is 7.11 Å². The maximum Gasteiger partial charge on any atom is 0.0630 e. The van der Waals surface area contributed by atoms with Crippen LogP contribution >= 0.6 is 11.6 Å². The normalized spacial score (nSPS) is 12.9. The van der Waals surface area contributed by atoms with Crippen molar-refractivity contribution in [3.63, 3.8) is 0 Å². The van der Waals surface area contributed by atoms with E-state index in [4.69, 9.17) is 16.3 Å². The quantitative estimate of drug-likeness (QED) is 0.785. The molecule has 1 aromatic rings. The molecule has 0 aliphatic carbocycles. The minimum Gasteiger partial charge on any atom is -0.383 e. The summed E-state index contributed by atoms with van der Waals surface area (Å²) in [6.45, 7) is 5.67. The van der Waals surface area contributed by atoms with Gasteiger partial charge in [0.05, 0.1) is 6.61 Å². The number of likely N-dealkylation sites (N-methyl/N-ethyl adjacent to an activating group) is 2. The van der Waals surface area contributed by atoms with Gasteiger partial charge in [0.15, 0.2) is 0 Å². The highest BCUT2D eigenvalue weighted by Gasteiger charge is 2.14. The molecule has 18 heavy (non-hydrogen) atoms. The van der Waals surface area contributed by atoms with Crippen molar-refractivity contribution in [3.05, 3.63) is 34.9 Å². The van der Waals surface area contributed by atoms with E-state index in [0.717, 1.165) is 31.3 Å². The van der Waals surface area contributed by atoms with Crippen LogP contribution in [-0.4, -0.2) is 44.8 Å². The first-order chi connectivity index (χ1) is 8.67. The third-order valence-corrected chi connectivity index (χ3v) is 3.21. The second-order valence-corrected chi connectivity index (χ2v) is 4.89. The van der Waals surface area contributed by atoms with Crippen LogP contribution in [0.5, 0.6) is 0 Å². The van der Waals surface area contributed by atoms with Crippen LogP contribution in [0.2, 0.25) is 5.02 Å². The molecule has 1 atom stereocenters. The Bertz CT molecular complexity index is 329. The maximum absolute atomic E-state index is 5.89. The number of benzene rings is 1. The van der Waals surface area contributed by atoms with Crippen LogP contribution in [0.4, 0.5) is 0 Å². The van der Waals surface area contributed by atoms with Gasteiger partial charge in [-0.1, -0.05) is 30.7 Å². The molecule has 0 aliphatic rings. The first-order valence-corrected chi connectivity index (χ1v) is 6.69. The molecule has 4 heteroatoms. The minimum absolute atomic E-state index is 0.380. The van der Waals surface area contributed by atoms with Crippen molar-refractivity contribution in [3.8, 4) is 0 Å². The molecular weight excluding hydrogens is 248 g/mol. The summed E-state index contributed by atoms with van der Waals surface area (Å²) in [5.41, 5.74) is 1.26. The summed E-state index contributed by atoms with van der Waals surface area (Å²) in [6.07, 6.45) is 0. The highest BCUT2D eigenvalue weighted by atomic mass is 35.5. The van der Waals surface area contributed by atoms with Gasteiger partial charge in [0.2, 0.25) is 0 Å². The van der Waals surface area contributed by atoms with Gasteiger partial charge in [0.1, 0.15) is 0 Å². The lowest BCUT2D eigenvalue weighted by molar-refractivity contribution is 0.102. The highest BCUT2D eigenvalue weighted by Crippen LogP contribution is 2.12. The molecule has 0 bridgehead atoms. The van der Waals surface area contributed by atoms with Crippen LogP contribution in [0.25, 0.3) is 0 Å². The van der Waals surface area contributed by atoms with Crippen LogP contribution in [0, 0.1) is 0 Å². The Balaban J connectivity index is 2.53. The Kier molecular flexibility index (Phi) is 7.28. The number of nitrogens with one attached hydrogen (secondary N) is 1. The average molecular weight is 271 g/mol. The van der Waals surface area contributed by atoms with Crippen molar-refractivity contribution in [2.45, 2.75) is 19.5 Å². The molecule has 0 spiro atoms. The van der Waals surface area contributed by atoms with Gasteiger partial charge in [-0.2, -0.15) is 0 Å². The topological polar surface area (TPSA) is 24.5 Å². The molecule has 0 amide bonds. The Morgan fingerprint density at radius 2 is 2.00 bits per heavy atom. The molecule has 0 saturated carbocycles. The molecule has 0 aliphatic heterocycles. The van der Waals surface area contributed by atoms with Crippen LogP contribution in [0.15, 0.2) is 24.3 Å². The van der Waals surface area contributed by atoms with Crippen molar-refractivity contribution >= 4 is 11.6 Å². The molecule has 0 saturated heterocycles. The molecule has 3 nitrogen and oxygen atoms in total. The molecule has 0 fully saturated rings. The SMILES string of the molecule is CCNCC(COC)N(C)Cc1ccc(Cl)cc1. The largest absolute Gasteiger partial charge is 0.383 e. The zero-order valence-electron chi connectivity index (χ0n) is 11.4. The number of nitrogens with zero attached hydrogens (tertiary/aromatic N) is 1. The third kappa shape index (κ3) is 5.36. The first-order valence-electron chi connectivity index (χ1n) is 6.31. The number of methoxy groups -OCH3 is 1. The molecule has 0 aromatic heterocycles. The molecule has 1 N–H and O–H groups in total. The zero-order chi connectivity index (χ0) is 13.4. The fourth-order valence-electron chi connectivity index (χ4n) is 1.85. The van der Waals surface area contributed by atoms with E-state index in [1.807, 2.05) is 12.1 Å². The lowest BCUT2D eigenvalue weighted by Crippen LogP contribution is -2.42. The van der Waals surface area contributed by atoms with Gasteiger partial charge in [0, 0.05) is 31.3 Å². The Morgan fingerprint density at radius 3 is 2.56 bits per heavy atom. The summed E-state index contributed by atoms with van der Waals surface area (Å²) >= 11 is 5.89. The lowest BCUT2D eigenvalue weighted by Gasteiger charge is -2.27.